The van der Waals surface area contributed by atoms with Crippen LogP contribution in [0.25, 0.3) is 17.4 Å². The lowest BCUT2D eigenvalue weighted by Gasteiger charge is -2.30. The summed E-state index contributed by atoms with van der Waals surface area (Å²) >= 11 is 12.0. The van der Waals surface area contributed by atoms with Crippen LogP contribution in [0, 0.1) is 10.1 Å². The van der Waals surface area contributed by atoms with Gasteiger partial charge in [-0.1, -0.05) is 36.0 Å². The maximum absolute atomic E-state index is 12.8. The molecule has 2 aliphatic rings. The molecule has 1 aliphatic carbocycles. The van der Waals surface area contributed by atoms with Gasteiger partial charge in [-0.25, -0.2) is 4.79 Å². The zero-order valence-corrected chi connectivity index (χ0v) is 17.4. The van der Waals surface area contributed by atoms with Crippen molar-refractivity contribution in [3.05, 3.63) is 55.8 Å². The van der Waals surface area contributed by atoms with Crippen molar-refractivity contribution in [2.24, 2.45) is 0 Å². The summed E-state index contributed by atoms with van der Waals surface area (Å²) in [7, 11) is 0. The number of amides is 4. The topological polar surface area (TPSA) is 123 Å². The Hall–Kier alpha value is -3.17. The third-order valence-electron chi connectivity index (χ3n) is 5.23. The van der Waals surface area contributed by atoms with Gasteiger partial charge in [-0.2, -0.15) is 0 Å². The first-order chi connectivity index (χ1) is 14.8. The maximum Gasteiger partial charge on any atom is 0.331 e. The predicted molar refractivity (Wildman–Crippen MR) is 111 cm³/mol. The molecule has 2 heterocycles. The number of hydrogen-bond acceptors (Lipinski definition) is 6. The van der Waals surface area contributed by atoms with E-state index in [0.717, 1.165) is 17.7 Å². The first kappa shape index (κ1) is 21.1. The molecule has 1 saturated carbocycles. The summed E-state index contributed by atoms with van der Waals surface area (Å²) in [6.07, 6.45) is 4.43. The van der Waals surface area contributed by atoms with Crippen molar-refractivity contribution in [1.29, 1.82) is 0 Å². The van der Waals surface area contributed by atoms with Gasteiger partial charge < -0.3 is 4.42 Å². The van der Waals surface area contributed by atoms with Gasteiger partial charge in [0.1, 0.15) is 22.1 Å². The van der Waals surface area contributed by atoms with E-state index in [2.05, 4.69) is 5.32 Å². The van der Waals surface area contributed by atoms with E-state index >= 15 is 0 Å². The molecule has 4 rings (SSSR count). The number of nitro benzene ring substituents is 1. The Morgan fingerprint density at radius 1 is 1.13 bits per heavy atom. The van der Waals surface area contributed by atoms with Gasteiger partial charge in [-0.05, 0) is 37.1 Å². The number of barbiturate groups is 1. The number of benzene rings is 1. The van der Waals surface area contributed by atoms with E-state index in [1.54, 1.807) is 0 Å². The smallest absolute Gasteiger partial charge is 0.331 e. The minimum absolute atomic E-state index is 0.117. The molecule has 31 heavy (non-hydrogen) atoms. The maximum atomic E-state index is 12.8. The van der Waals surface area contributed by atoms with E-state index in [-0.39, 0.29) is 44.4 Å². The molecule has 0 atom stereocenters. The van der Waals surface area contributed by atoms with Crippen molar-refractivity contribution in [1.82, 2.24) is 10.2 Å². The minimum atomic E-state index is -0.817. The SMILES string of the molecule is O=C1NC(=O)N(C2CCCC2)C(=O)/C1=C/c1ccc(-c2cc([N+](=O)[O-])c(Cl)cc2Cl)o1. The van der Waals surface area contributed by atoms with Crippen LogP contribution in [0.15, 0.2) is 34.3 Å². The van der Waals surface area contributed by atoms with Crippen molar-refractivity contribution in [2.75, 3.05) is 0 Å². The fraction of sp³-hybridized carbons (Fsp3) is 0.250. The lowest BCUT2D eigenvalue weighted by atomic mass is 10.1. The van der Waals surface area contributed by atoms with Crippen LogP contribution >= 0.6 is 23.2 Å². The number of nitro groups is 1. The van der Waals surface area contributed by atoms with Crippen LogP contribution in [0.5, 0.6) is 0 Å². The Morgan fingerprint density at radius 3 is 2.52 bits per heavy atom. The summed E-state index contributed by atoms with van der Waals surface area (Å²) in [6.45, 7) is 0. The number of carbonyl (C=O) groups is 3. The van der Waals surface area contributed by atoms with E-state index in [1.807, 2.05) is 0 Å². The highest BCUT2D eigenvalue weighted by Gasteiger charge is 2.40. The zero-order valence-electron chi connectivity index (χ0n) is 15.9. The first-order valence-electron chi connectivity index (χ1n) is 9.40. The Labute approximate surface area is 185 Å². The molecule has 0 unspecified atom stereocenters. The van der Waals surface area contributed by atoms with Crippen LogP contribution in [0.4, 0.5) is 10.5 Å². The normalized spacial score (nSPS) is 18.7. The highest BCUT2D eigenvalue weighted by atomic mass is 35.5. The molecular formula is C20H15Cl2N3O6. The van der Waals surface area contributed by atoms with E-state index in [0.29, 0.717) is 12.8 Å². The standard InChI is InChI=1S/C20H15Cl2N3O6/c21-14-9-15(22)16(25(29)30)8-12(14)17-6-5-11(31-17)7-13-18(26)23-20(28)24(19(13)27)10-3-1-2-4-10/h5-10H,1-4H2,(H,23,26,28)/b13-7+. The van der Waals surface area contributed by atoms with E-state index in [9.17, 15) is 24.5 Å². The second kappa shape index (κ2) is 8.16. The molecule has 11 heteroatoms. The summed E-state index contributed by atoms with van der Waals surface area (Å²) < 4.78 is 5.65. The lowest BCUT2D eigenvalue weighted by molar-refractivity contribution is -0.384. The van der Waals surface area contributed by atoms with Crippen LogP contribution < -0.4 is 5.32 Å². The van der Waals surface area contributed by atoms with E-state index in [1.165, 1.54) is 30.3 Å². The van der Waals surface area contributed by atoms with Gasteiger partial charge in [0.05, 0.1) is 9.95 Å². The van der Waals surface area contributed by atoms with Gasteiger partial charge in [0, 0.05) is 17.7 Å². The van der Waals surface area contributed by atoms with Crippen molar-refractivity contribution in [3.63, 3.8) is 0 Å². The second-order valence-corrected chi connectivity index (χ2v) is 7.99. The number of halogens is 2. The number of furan rings is 1. The third kappa shape index (κ3) is 3.94. The summed E-state index contributed by atoms with van der Waals surface area (Å²) in [5, 5.41) is 13.4. The first-order valence-corrected chi connectivity index (χ1v) is 10.2. The Balaban J connectivity index is 1.67. The molecule has 1 aliphatic heterocycles. The zero-order chi connectivity index (χ0) is 22.3. The van der Waals surface area contributed by atoms with Gasteiger partial charge in [-0.3, -0.25) is 29.9 Å². The molecule has 160 valence electrons. The van der Waals surface area contributed by atoms with Crippen LogP contribution in [0.1, 0.15) is 31.4 Å². The number of imide groups is 2. The molecular weight excluding hydrogens is 449 g/mol. The van der Waals surface area contributed by atoms with Gasteiger partial charge in [0.25, 0.3) is 17.5 Å². The molecule has 0 spiro atoms. The minimum Gasteiger partial charge on any atom is -0.457 e. The van der Waals surface area contributed by atoms with Crippen LogP contribution in [-0.4, -0.2) is 33.7 Å². The molecule has 1 N–H and O–H groups in total. The number of rotatable bonds is 4. The van der Waals surface area contributed by atoms with Gasteiger partial charge in [0.2, 0.25) is 0 Å². The van der Waals surface area contributed by atoms with Gasteiger partial charge in [0.15, 0.2) is 0 Å². The summed E-state index contributed by atoms with van der Waals surface area (Å²) in [4.78, 5) is 48.9. The van der Waals surface area contributed by atoms with Crippen molar-refractivity contribution < 1.29 is 23.7 Å². The lowest BCUT2D eigenvalue weighted by Crippen LogP contribution is -2.57. The summed E-state index contributed by atoms with van der Waals surface area (Å²) in [5.74, 6) is -1.17. The molecule has 9 nitrogen and oxygen atoms in total. The van der Waals surface area contributed by atoms with Gasteiger partial charge >= 0.3 is 6.03 Å². The fourth-order valence-electron chi connectivity index (χ4n) is 3.75. The number of urea groups is 1. The van der Waals surface area contributed by atoms with E-state index < -0.39 is 22.8 Å². The highest BCUT2D eigenvalue weighted by molar-refractivity contribution is 6.37. The van der Waals surface area contributed by atoms with Crippen molar-refractivity contribution in [3.8, 4) is 11.3 Å². The molecule has 1 aromatic heterocycles. The average Bonchev–Trinajstić information content (AvgIpc) is 3.37. The number of hydrogen-bond donors (Lipinski definition) is 1. The quantitative estimate of drug-likeness (QED) is 0.306. The van der Waals surface area contributed by atoms with E-state index in [4.69, 9.17) is 27.6 Å². The molecule has 0 radical (unpaired) electrons. The Morgan fingerprint density at radius 2 is 1.84 bits per heavy atom. The number of carbonyl (C=O) groups excluding carboxylic acids is 3. The number of nitrogens with one attached hydrogen (secondary N) is 1. The third-order valence-corrected chi connectivity index (χ3v) is 5.85. The highest BCUT2D eigenvalue weighted by Crippen LogP contribution is 2.37. The molecule has 1 aromatic carbocycles. The Kier molecular flexibility index (Phi) is 5.55. The van der Waals surface area contributed by atoms with Crippen LogP contribution in [-0.2, 0) is 9.59 Å². The summed E-state index contributed by atoms with van der Waals surface area (Å²) in [5.41, 5.74) is -0.352. The molecule has 2 fully saturated rings. The van der Waals surface area contributed by atoms with Crippen molar-refractivity contribution in [2.45, 2.75) is 31.7 Å². The van der Waals surface area contributed by atoms with Crippen molar-refractivity contribution >= 4 is 52.8 Å². The molecule has 0 bridgehead atoms. The Bertz CT molecular complexity index is 1150. The molecule has 4 amide bonds. The van der Waals surface area contributed by atoms with Gasteiger partial charge in [-0.15, -0.1) is 0 Å². The van der Waals surface area contributed by atoms with Crippen LogP contribution in [0.2, 0.25) is 10.0 Å². The summed E-state index contributed by atoms with van der Waals surface area (Å²) in [6, 6.07) is 4.43. The second-order valence-electron chi connectivity index (χ2n) is 7.17. The average molecular weight is 464 g/mol. The predicted octanol–water partition coefficient (Wildman–Crippen LogP) is 4.57. The molecule has 1 saturated heterocycles. The number of nitrogens with zero attached hydrogens (tertiary/aromatic N) is 2. The van der Waals surface area contributed by atoms with Crippen LogP contribution in [0.3, 0.4) is 0 Å². The molecule has 2 aromatic rings. The largest absolute Gasteiger partial charge is 0.457 e. The monoisotopic (exact) mass is 463 g/mol. The fourth-order valence-corrected chi connectivity index (χ4v) is 4.29.